The third-order valence-corrected chi connectivity index (χ3v) is 4.54. The predicted molar refractivity (Wildman–Crippen MR) is 96.0 cm³/mol. The van der Waals surface area contributed by atoms with E-state index in [1.165, 1.54) is 11.1 Å². The number of rotatable bonds is 6. The van der Waals surface area contributed by atoms with Crippen LogP contribution in [0.2, 0.25) is 0 Å². The van der Waals surface area contributed by atoms with Crippen LogP contribution >= 0.6 is 0 Å². The first kappa shape index (κ1) is 17.6. The van der Waals surface area contributed by atoms with Gasteiger partial charge in [0.1, 0.15) is 11.0 Å². The summed E-state index contributed by atoms with van der Waals surface area (Å²) < 4.78 is 16.4. The van der Waals surface area contributed by atoms with Crippen molar-refractivity contribution in [3.8, 4) is 0 Å². The van der Waals surface area contributed by atoms with E-state index < -0.39 is 0 Å². The molecule has 0 bridgehead atoms. The van der Waals surface area contributed by atoms with E-state index in [9.17, 15) is 0 Å². The molecule has 0 saturated heterocycles. The zero-order valence-corrected chi connectivity index (χ0v) is 15.4. The first-order chi connectivity index (χ1) is 12.0. The minimum absolute atomic E-state index is 0.0237. The molecular weight excluding hydrogens is 318 g/mol. The molecule has 0 radical (unpaired) electrons. The predicted octanol–water partition coefficient (Wildman–Crippen LogP) is 3.53. The lowest BCUT2D eigenvalue weighted by atomic mass is 9.80. The van der Waals surface area contributed by atoms with Crippen molar-refractivity contribution in [3.05, 3.63) is 46.3 Å². The molecule has 1 aromatic heterocycles. The number of allylic oxidation sites excluding steroid dienone is 2. The molecule has 1 aliphatic rings. The molecule has 1 aromatic carbocycles. The van der Waals surface area contributed by atoms with Crippen molar-refractivity contribution >= 4 is 11.0 Å². The average molecular weight is 343 g/mol. The molecule has 3 rings (SSSR count). The van der Waals surface area contributed by atoms with Crippen molar-refractivity contribution in [3.63, 3.8) is 0 Å². The maximum absolute atomic E-state index is 5.94. The summed E-state index contributed by atoms with van der Waals surface area (Å²) in [6.07, 6.45) is 0.156. The summed E-state index contributed by atoms with van der Waals surface area (Å²) >= 11 is 0. The lowest BCUT2D eigenvalue weighted by Crippen LogP contribution is -2.29. The Morgan fingerprint density at radius 1 is 1.12 bits per heavy atom. The van der Waals surface area contributed by atoms with Gasteiger partial charge in [-0.05, 0) is 60.8 Å². The first-order valence-corrected chi connectivity index (χ1v) is 8.51. The molecule has 0 amide bonds. The average Bonchev–Trinajstić information content (AvgIpc) is 3.04. The van der Waals surface area contributed by atoms with Crippen LogP contribution in [0.4, 0.5) is 0 Å². The zero-order chi connectivity index (χ0) is 18.0. The van der Waals surface area contributed by atoms with Crippen molar-refractivity contribution in [2.45, 2.75) is 39.7 Å². The van der Waals surface area contributed by atoms with E-state index in [1.807, 2.05) is 26.0 Å². The fraction of sp³-hybridized carbons (Fsp3) is 0.474. The second kappa shape index (κ2) is 7.37. The Bertz CT molecular complexity index is 820. The van der Waals surface area contributed by atoms with Crippen molar-refractivity contribution in [1.29, 1.82) is 0 Å². The van der Waals surface area contributed by atoms with Crippen LogP contribution < -0.4 is 5.32 Å². The quantitative estimate of drug-likeness (QED) is 0.865. The Balaban J connectivity index is 2.13. The highest BCUT2D eigenvalue weighted by Crippen LogP contribution is 2.40. The van der Waals surface area contributed by atoms with Crippen LogP contribution in [0.15, 0.2) is 45.4 Å². The molecule has 2 heterocycles. The van der Waals surface area contributed by atoms with Gasteiger partial charge in [0.25, 0.3) is 0 Å². The van der Waals surface area contributed by atoms with E-state index in [4.69, 9.17) is 14.1 Å². The molecule has 1 N–H and O–H groups in total. The van der Waals surface area contributed by atoms with Crippen LogP contribution in [-0.4, -0.2) is 36.7 Å². The van der Waals surface area contributed by atoms with Crippen LogP contribution in [0.1, 0.15) is 39.2 Å². The number of nitrogens with one attached hydrogen (secondary N) is 1. The zero-order valence-electron chi connectivity index (χ0n) is 15.4. The highest BCUT2D eigenvalue weighted by atomic mass is 16.6. The van der Waals surface area contributed by atoms with Gasteiger partial charge in [-0.1, -0.05) is 12.1 Å². The van der Waals surface area contributed by atoms with Crippen molar-refractivity contribution in [2.24, 2.45) is 0 Å². The number of hydrogen-bond donors (Lipinski definition) is 1. The molecule has 0 saturated carbocycles. The van der Waals surface area contributed by atoms with Gasteiger partial charge in [-0.3, -0.25) is 0 Å². The second-order valence-electron chi connectivity index (χ2n) is 6.63. The minimum Gasteiger partial charge on any atom is -0.380 e. The van der Waals surface area contributed by atoms with Gasteiger partial charge in [0.05, 0.1) is 19.3 Å². The summed E-state index contributed by atoms with van der Waals surface area (Å²) in [4.78, 5) is 0. The molecule has 1 unspecified atom stereocenters. The van der Waals surface area contributed by atoms with Gasteiger partial charge in [-0.2, -0.15) is 0 Å². The third kappa shape index (κ3) is 3.45. The van der Waals surface area contributed by atoms with Gasteiger partial charge >= 0.3 is 0 Å². The van der Waals surface area contributed by atoms with Gasteiger partial charge in [0.2, 0.25) is 0 Å². The van der Waals surface area contributed by atoms with Gasteiger partial charge < -0.3 is 14.8 Å². The van der Waals surface area contributed by atoms with E-state index in [0.717, 1.165) is 28.0 Å². The van der Waals surface area contributed by atoms with Crippen LogP contribution in [0.25, 0.3) is 11.0 Å². The molecule has 1 atom stereocenters. The van der Waals surface area contributed by atoms with Crippen LogP contribution in [0.5, 0.6) is 0 Å². The van der Waals surface area contributed by atoms with E-state index in [1.54, 1.807) is 7.11 Å². The minimum atomic E-state index is 0.0237. The van der Waals surface area contributed by atoms with E-state index in [-0.39, 0.29) is 12.0 Å². The highest BCUT2D eigenvalue weighted by Gasteiger charge is 2.31. The molecule has 0 fully saturated rings. The second-order valence-corrected chi connectivity index (χ2v) is 6.63. The van der Waals surface area contributed by atoms with Crippen molar-refractivity contribution < 1.29 is 14.1 Å². The number of nitrogens with zero attached hydrogens (tertiary/aromatic N) is 2. The Morgan fingerprint density at radius 3 is 2.52 bits per heavy atom. The number of hydrogen-bond acceptors (Lipinski definition) is 6. The molecule has 0 spiro atoms. The summed E-state index contributed by atoms with van der Waals surface area (Å²) in [5, 5.41) is 11.6. The summed E-state index contributed by atoms with van der Waals surface area (Å²) in [7, 11) is 1.71. The largest absolute Gasteiger partial charge is 0.380 e. The molecule has 1 aliphatic heterocycles. The maximum atomic E-state index is 5.94. The summed E-state index contributed by atoms with van der Waals surface area (Å²) in [6.45, 7) is 9.32. The first-order valence-electron chi connectivity index (χ1n) is 8.51. The number of dihydropyridines is 1. The van der Waals surface area contributed by atoms with Crippen LogP contribution in [0, 0.1) is 0 Å². The van der Waals surface area contributed by atoms with Gasteiger partial charge in [-0.15, -0.1) is 0 Å². The molecule has 134 valence electrons. The number of methoxy groups -OCH3 is 1. The van der Waals surface area contributed by atoms with E-state index in [0.29, 0.717) is 13.2 Å². The maximum Gasteiger partial charge on any atom is 0.139 e. The molecule has 2 aromatic rings. The van der Waals surface area contributed by atoms with E-state index in [2.05, 4.69) is 35.5 Å². The molecule has 0 aliphatic carbocycles. The standard InChI is InChI=1S/C19H25N3O3/c1-11(2)24-10-16-13(4)20-12(3)15(9-23-5)18(16)14-7-6-8-17-19(14)22-25-21-17/h6-8,11,18,20H,9-10H2,1-5H3. The smallest absolute Gasteiger partial charge is 0.139 e. The molecule has 6 heteroatoms. The molecule has 6 nitrogen and oxygen atoms in total. The lowest BCUT2D eigenvalue weighted by molar-refractivity contribution is 0.0937. The topological polar surface area (TPSA) is 69.4 Å². The third-order valence-electron chi connectivity index (χ3n) is 4.54. The van der Waals surface area contributed by atoms with Crippen molar-refractivity contribution in [1.82, 2.24) is 15.6 Å². The number of aromatic nitrogens is 2. The fourth-order valence-electron chi connectivity index (χ4n) is 3.32. The Kier molecular flexibility index (Phi) is 5.20. The summed E-state index contributed by atoms with van der Waals surface area (Å²) in [6, 6.07) is 5.97. The molecule has 25 heavy (non-hydrogen) atoms. The van der Waals surface area contributed by atoms with Gasteiger partial charge in [-0.25, -0.2) is 4.63 Å². The fourth-order valence-corrected chi connectivity index (χ4v) is 3.32. The molecular formula is C19H25N3O3. The van der Waals surface area contributed by atoms with E-state index >= 15 is 0 Å². The Hall–Kier alpha value is -2.18. The van der Waals surface area contributed by atoms with Gasteiger partial charge in [0, 0.05) is 24.4 Å². The van der Waals surface area contributed by atoms with Gasteiger partial charge in [0.15, 0.2) is 0 Å². The number of benzene rings is 1. The Morgan fingerprint density at radius 2 is 1.84 bits per heavy atom. The number of ether oxygens (including phenoxy) is 2. The SMILES string of the molecule is COCC1=C(C)NC(C)=C(COC(C)C)C1c1cccc2nonc12. The van der Waals surface area contributed by atoms with Crippen LogP contribution in [0.3, 0.4) is 0 Å². The van der Waals surface area contributed by atoms with Crippen molar-refractivity contribution in [2.75, 3.05) is 20.3 Å². The lowest BCUT2D eigenvalue weighted by Gasteiger charge is -2.33. The summed E-state index contributed by atoms with van der Waals surface area (Å²) in [5.74, 6) is 0.0237. The summed E-state index contributed by atoms with van der Waals surface area (Å²) in [5.41, 5.74) is 7.17. The Labute approximate surface area is 147 Å². The normalized spacial score (nSPS) is 18.4. The van der Waals surface area contributed by atoms with Crippen LogP contribution in [-0.2, 0) is 9.47 Å². The monoisotopic (exact) mass is 343 g/mol. The number of fused-ring (bicyclic) bond motifs is 1. The highest BCUT2D eigenvalue weighted by molar-refractivity contribution is 5.79.